The summed E-state index contributed by atoms with van der Waals surface area (Å²) in [7, 11) is 5.12. The van der Waals surface area contributed by atoms with E-state index < -0.39 is 17.6 Å². The Morgan fingerprint density at radius 2 is 1.80 bits per heavy atom. The standard InChI is InChI=1S/C28H35F3N8O2/c1-17-6-7-19(12-24(17)39(33)16-22(32)21-15-34-37(4)18(21)2)27(40)35-23-13-20(28(29,30)31)14-25(26(23)41-5)38-10-8-36(3)9-11-38/h6-7,12-16H,8-11,32-33H2,1-5H3,(H,35,40)/b22-16-. The molecule has 10 nitrogen and oxygen atoms in total. The van der Waals surface area contributed by atoms with Crippen LogP contribution in [-0.2, 0) is 13.2 Å². The number of aryl methyl sites for hydroxylation is 2. The van der Waals surface area contributed by atoms with Gasteiger partial charge in [0.05, 0.1) is 41.6 Å². The van der Waals surface area contributed by atoms with Crippen molar-refractivity contribution in [2.75, 3.05) is 55.6 Å². The van der Waals surface area contributed by atoms with Gasteiger partial charge in [-0.15, -0.1) is 0 Å². The molecule has 41 heavy (non-hydrogen) atoms. The molecular weight excluding hydrogens is 537 g/mol. The van der Waals surface area contributed by atoms with E-state index in [4.69, 9.17) is 16.3 Å². The summed E-state index contributed by atoms with van der Waals surface area (Å²) in [5.41, 5.74) is 8.92. The molecule has 2 aromatic carbocycles. The fraction of sp³-hybridized carbons (Fsp3) is 0.357. The van der Waals surface area contributed by atoms with Crippen molar-refractivity contribution in [3.05, 3.63) is 70.7 Å². The molecule has 0 atom stereocenters. The van der Waals surface area contributed by atoms with Crippen molar-refractivity contribution < 1.29 is 22.7 Å². The molecule has 1 aliphatic heterocycles. The number of amides is 1. The third-order valence-electron chi connectivity index (χ3n) is 7.27. The van der Waals surface area contributed by atoms with Gasteiger partial charge in [-0.05, 0) is 50.7 Å². The SMILES string of the molecule is COc1c(NC(=O)c2ccc(C)c(N(N)/C=C(\N)c3cnn(C)c3C)c2)cc(C(F)(F)F)cc1N1CCN(C)CC1. The lowest BCUT2D eigenvalue weighted by atomic mass is 10.1. The number of rotatable bonds is 7. The first-order valence-electron chi connectivity index (χ1n) is 12.9. The highest BCUT2D eigenvalue weighted by Crippen LogP contribution is 2.42. The highest BCUT2D eigenvalue weighted by atomic mass is 19.4. The van der Waals surface area contributed by atoms with Gasteiger partial charge in [0.2, 0.25) is 0 Å². The largest absolute Gasteiger partial charge is 0.492 e. The Morgan fingerprint density at radius 1 is 1.12 bits per heavy atom. The number of halogens is 3. The lowest BCUT2D eigenvalue weighted by Crippen LogP contribution is -2.44. The van der Waals surface area contributed by atoms with Crippen LogP contribution in [0, 0.1) is 13.8 Å². The normalized spacial score (nSPS) is 14.8. The Labute approximate surface area is 236 Å². The number of nitrogens with zero attached hydrogens (tertiary/aromatic N) is 5. The van der Waals surface area contributed by atoms with Gasteiger partial charge in [0.25, 0.3) is 5.91 Å². The molecule has 1 aromatic heterocycles. The average Bonchev–Trinajstić information content (AvgIpc) is 3.26. The van der Waals surface area contributed by atoms with Crippen LogP contribution in [0.2, 0.25) is 0 Å². The van der Waals surface area contributed by atoms with E-state index in [0.717, 1.165) is 23.4 Å². The van der Waals surface area contributed by atoms with Gasteiger partial charge < -0.3 is 25.6 Å². The lowest BCUT2D eigenvalue weighted by Gasteiger charge is -2.35. The molecule has 220 valence electrons. The number of alkyl halides is 3. The van der Waals surface area contributed by atoms with Crippen LogP contribution in [-0.4, -0.2) is 60.9 Å². The van der Waals surface area contributed by atoms with Crippen LogP contribution in [0.3, 0.4) is 0 Å². The minimum atomic E-state index is -4.62. The molecule has 0 aliphatic carbocycles. The van der Waals surface area contributed by atoms with Crippen LogP contribution in [0.25, 0.3) is 5.70 Å². The van der Waals surface area contributed by atoms with Crippen LogP contribution < -0.4 is 31.5 Å². The summed E-state index contributed by atoms with van der Waals surface area (Å²) in [5.74, 6) is 5.84. The summed E-state index contributed by atoms with van der Waals surface area (Å²) < 4.78 is 48.9. The zero-order chi connectivity index (χ0) is 30.1. The van der Waals surface area contributed by atoms with Crippen LogP contribution in [0.4, 0.5) is 30.2 Å². The molecule has 0 unspecified atom stereocenters. The van der Waals surface area contributed by atoms with Crippen molar-refractivity contribution in [1.82, 2.24) is 14.7 Å². The summed E-state index contributed by atoms with van der Waals surface area (Å²) >= 11 is 0. The maximum Gasteiger partial charge on any atom is 0.416 e. The first-order chi connectivity index (χ1) is 19.3. The molecule has 3 aromatic rings. The van der Waals surface area contributed by atoms with Crippen molar-refractivity contribution in [2.24, 2.45) is 18.6 Å². The van der Waals surface area contributed by atoms with E-state index >= 15 is 0 Å². The number of carbonyl (C=O) groups is 1. The number of hydrogen-bond acceptors (Lipinski definition) is 8. The first-order valence-corrected chi connectivity index (χ1v) is 12.9. The molecule has 0 bridgehead atoms. The Morgan fingerprint density at radius 3 is 2.39 bits per heavy atom. The van der Waals surface area contributed by atoms with Gasteiger partial charge in [-0.1, -0.05) is 6.07 Å². The number of carbonyl (C=O) groups excluding carboxylic acids is 1. The highest BCUT2D eigenvalue weighted by molar-refractivity contribution is 6.06. The van der Waals surface area contributed by atoms with Crippen molar-refractivity contribution in [3.8, 4) is 5.75 Å². The number of hydrazine groups is 1. The van der Waals surface area contributed by atoms with E-state index in [1.807, 2.05) is 25.8 Å². The predicted octanol–water partition coefficient (Wildman–Crippen LogP) is 3.71. The van der Waals surface area contributed by atoms with E-state index in [-0.39, 0.29) is 22.7 Å². The quantitative estimate of drug-likeness (QED) is 0.290. The second kappa shape index (κ2) is 11.7. The molecule has 1 amide bonds. The molecule has 0 spiro atoms. The van der Waals surface area contributed by atoms with E-state index in [1.165, 1.54) is 18.3 Å². The van der Waals surface area contributed by atoms with Crippen molar-refractivity contribution >= 4 is 28.7 Å². The maximum absolute atomic E-state index is 13.9. The number of nitrogens with two attached hydrogens (primary N) is 2. The summed E-state index contributed by atoms with van der Waals surface area (Å²) in [4.78, 5) is 17.3. The zero-order valence-corrected chi connectivity index (χ0v) is 23.7. The van der Waals surface area contributed by atoms with Gasteiger partial charge in [0.1, 0.15) is 0 Å². The average molecular weight is 573 g/mol. The number of ether oxygens (including phenoxy) is 1. The minimum absolute atomic E-state index is 0.0795. The van der Waals surface area contributed by atoms with Crippen LogP contribution in [0.5, 0.6) is 5.75 Å². The topological polar surface area (TPSA) is 118 Å². The molecule has 0 saturated carbocycles. The third kappa shape index (κ3) is 6.41. The number of benzene rings is 2. The van der Waals surface area contributed by atoms with Gasteiger partial charge in [-0.3, -0.25) is 14.5 Å². The molecular formula is C28H35F3N8O2. The molecule has 1 saturated heterocycles. The number of methoxy groups -OCH3 is 1. The minimum Gasteiger partial charge on any atom is -0.492 e. The molecule has 5 N–H and O–H groups in total. The van der Waals surface area contributed by atoms with Crippen LogP contribution in [0.1, 0.15) is 32.7 Å². The Balaban J connectivity index is 1.66. The van der Waals surface area contributed by atoms with Crippen LogP contribution >= 0.6 is 0 Å². The third-order valence-corrected chi connectivity index (χ3v) is 7.27. The number of aromatic nitrogens is 2. The van der Waals surface area contributed by atoms with Gasteiger partial charge in [0, 0.05) is 56.2 Å². The van der Waals surface area contributed by atoms with Gasteiger partial charge in [0.15, 0.2) is 5.75 Å². The fourth-order valence-corrected chi connectivity index (χ4v) is 4.66. The van der Waals surface area contributed by atoms with Crippen molar-refractivity contribution in [3.63, 3.8) is 0 Å². The van der Waals surface area contributed by atoms with Gasteiger partial charge >= 0.3 is 6.18 Å². The van der Waals surface area contributed by atoms with E-state index in [0.29, 0.717) is 43.1 Å². The molecule has 2 heterocycles. The zero-order valence-electron chi connectivity index (χ0n) is 23.7. The Bertz CT molecular complexity index is 1460. The van der Waals surface area contributed by atoms with E-state index in [1.54, 1.807) is 36.1 Å². The van der Waals surface area contributed by atoms with Crippen molar-refractivity contribution in [2.45, 2.75) is 20.0 Å². The highest BCUT2D eigenvalue weighted by Gasteiger charge is 2.34. The molecule has 0 radical (unpaired) electrons. The summed E-state index contributed by atoms with van der Waals surface area (Å²) in [6.45, 7) is 6.09. The molecule has 13 heteroatoms. The van der Waals surface area contributed by atoms with E-state index in [9.17, 15) is 18.0 Å². The molecule has 1 fully saturated rings. The number of anilines is 3. The van der Waals surface area contributed by atoms with E-state index in [2.05, 4.69) is 15.3 Å². The Hall–Kier alpha value is -4.23. The second-order valence-electron chi connectivity index (χ2n) is 10.1. The maximum atomic E-state index is 13.9. The van der Waals surface area contributed by atoms with Crippen LogP contribution in [0.15, 0.2) is 42.7 Å². The predicted molar refractivity (Wildman–Crippen MR) is 154 cm³/mol. The summed E-state index contributed by atoms with van der Waals surface area (Å²) in [5, 5.41) is 8.11. The number of hydrogen-bond donors (Lipinski definition) is 3. The van der Waals surface area contributed by atoms with Gasteiger partial charge in [-0.25, -0.2) is 5.84 Å². The monoisotopic (exact) mass is 572 g/mol. The Kier molecular flexibility index (Phi) is 8.50. The summed E-state index contributed by atoms with van der Waals surface area (Å²) in [6, 6.07) is 6.77. The number of piperazine rings is 1. The number of nitrogens with one attached hydrogen (secondary N) is 1. The smallest absolute Gasteiger partial charge is 0.416 e. The summed E-state index contributed by atoms with van der Waals surface area (Å²) in [6.07, 6.45) is -1.47. The van der Waals surface area contributed by atoms with Crippen molar-refractivity contribution in [1.29, 1.82) is 0 Å². The van der Waals surface area contributed by atoms with Gasteiger partial charge in [-0.2, -0.15) is 18.3 Å². The second-order valence-corrected chi connectivity index (χ2v) is 10.1. The lowest BCUT2D eigenvalue weighted by molar-refractivity contribution is -0.137. The number of likely N-dealkylation sites (N-methyl/N-ethyl adjacent to an activating group) is 1. The molecule has 1 aliphatic rings. The fourth-order valence-electron chi connectivity index (χ4n) is 4.66. The first kappa shape index (κ1) is 29.7. The molecule has 4 rings (SSSR count).